The van der Waals surface area contributed by atoms with Crippen LogP contribution in [-0.2, 0) is 4.79 Å². The fourth-order valence-corrected chi connectivity index (χ4v) is 3.89. The van der Waals surface area contributed by atoms with Crippen LogP contribution >= 0.6 is 0 Å². The summed E-state index contributed by atoms with van der Waals surface area (Å²) in [6.45, 7) is -1.87. The maximum Gasteiger partial charge on any atom is 0.434 e. The lowest BCUT2D eigenvalue weighted by Gasteiger charge is -2.43. The Balaban J connectivity index is 1.53. The third-order valence-electron chi connectivity index (χ3n) is 5.69. The molecule has 28 heavy (non-hydrogen) atoms. The first kappa shape index (κ1) is 19.0. The molecular weight excluding hydrogens is 371 g/mol. The predicted octanol–water partition coefficient (Wildman–Crippen LogP) is -2.48. The van der Waals surface area contributed by atoms with Gasteiger partial charge in [-0.3, -0.25) is 4.79 Å². The number of rotatable bonds is 5. The van der Waals surface area contributed by atoms with E-state index in [1.165, 1.54) is 17.9 Å². The average molecular weight is 392 g/mol. The highest BCUT2D eigenvalue weighted by Gasteiger charge is 2.55. The second kappa shape index (κ2) is 6.08. The zero-order chi connectivity index (χ0) is 20.4. The van der Waals surface area contributed by atoms with E-state index in [0.717, 1.165) is 0 Å². The molecule has 1 saturated carbocycles. The number of nitrogens with zero attached hydrogens (tertiary/aromatic N) is 1. The van der Waals surface area contributed by atoms with Crippen LogP contribution in [-0.4, -0.2) is 70.0 Å². The van der Waals surface area contributed by atoms with Crippen molar-refractivity contribution in [2.45, 2.75) is 36.7 Å². The second-order valence-electron chi connectivity index (χ2n) is 8.05. The Bertz CT molecular complexity index is 852. The molecule has 0 aromatic heterocycles. The Hall–Kier alpha value is -2.34. The van der Waals surface area contributed by atoms with E-state index >= 15 is 0 Å². The monoisotopic (exact) mass is 392 g/mol. The number of amides is 1. The summed E-state index contributed by atoms with van der Waals surface area (Å²) in [5, 5.41) is 41.0. The van der Waals surface area contributed by atoms with Crippen molar-refractivity contribution in [3.05, 3.63) is 23.3 Å². The largest absolute Gasteiger partial charge is 0.669 e. The highest BCUT2D eigenvalue weighted by atomic mass is 16.6. The highest BCUT2D eigenvalue weighted by molar-refractivity contribution is 6.62. The number of ether oxygens (including phenoxy) is 1. The molecule has 1 aliphatic carbocycles. The predicted molar refractivity (Wildman–Crippen MR) is 93.4 cm³/mol. The molecule has 1 saturated heterocycles. The molecule has 2 heterocycles. The van der Waals surface area contributed by atoms with Crippen molar-refractivity contribution in [2.24, 2.45) is 5.73 Å². The van der Waals surface area contributed by atoms with Gasteiger partial charge >= 0.3 is 6.75 Å². The van der Waals surface area contributed by atoms with Crippen molar-refractivity contribution in [1.82, 2.24) is 4.90 Å². The number of aliphatic hydroxyl groups is 1. The normalized spacial score (nSPS) is 26.8. The number of hydrogen-bond acceptors (Lipinski definition) is 9. The molecule has 1 aromatic rings. The van der Waals surface area contributed by atoms with Crippen molar-refractivity contribution in [3.8, 4) is 11.5 Å². The minimum atomic E-state index is -3.14. The Morgan fingerprint density at radius 1 is 1.43 bits per heavy atom. The molecule has 2 fully saturated rings. The summed E-state index contributed by atoms with van der Waals surface area (Å²) in [4.78, 5) is 25.3. The van der Waals surface area contributed by atoms with Crippen LogP contribution in [0.1, 0.15) is 35.2 Å². The summed E-state index contributed by atoms with van der Waals surface area (Å²) in [7, 11) is 0. The standard InChI is InChI=1S/C17H22BN2O8/c1-17(19,7-21)16(24)20-5-8(6-20)27-12-3-2-9-10-4-11(10)18(25,26)28-14(9)13(12)15(22)23/h2-3,8,10-11,21,25-26H,4-7,19H2,1H3,(H,22,23)/q-1/p-1/t10-,11-,17-/m1/s1. The van der Waals surface area contributed by atoms with Crippen LogP contribution in [0.15, 0.2) is 12.1 Å². The lowest BCUT2D eigenvalue weighted by molar-refractivity contribution is -0.255. The molecule has 1 aromatic carbocycles. The van der Waals surface area contributed by atoms with Crippen LogP contribution in [0.5, 0.6) is 11.5 Å². The molecule has 2 aliphatic heterocycles. The van der Waals surface area contributed by atoms with Gasteiger partial charge in [0, 0.05) is 0 Å². The summed E-state index contributed by atoms with van der Waals surface area (Å²) in [5.74, 6) is -2.75. The van der Waals surface area contributed by atoms with Gasteiger partial charge in [0.25, 0.3) is 0 Å². The smallest absolute Gasteiger partial charge is 0.434 e. The van der Waals surface area contributed by atoms with Gasteiger partial charge in [-0.1, -0.05) is 18.3 Å². The van der Waals surface area contributed by atoms with Gasteiger partial charge in [0.2, 0.25) is 5.91 Å². The fraction of sp³-hybridized carbons (Fsp3) is 0.529. The Morgan fingerprint density at radius 2 is 2.11 bits per heavy atom. The Kier molecular flexibility index (Phi) is 4.13. The number of fused-ring (bicyclic) bond motifs is 3. The van der Waals surface area contributed by atoms with E-state index in [4.69, 9.17) is 15.1 Å². The molecule has 1 amide bonds. The van der Waals surface area contributed by atoms with E-state index < -0.39 is 42.7 Å². The van der Waals surface area contributed by atoms with Crippen LogP contribution in [0.4, 0.5) is 0 Å². The van der Waals surface area contributed by atoms with E-state index in [-0.39, 0.29) is 36.1 Å². The van der Waals surface area contributed by atoms with Crippen LogP contribution < -0.4 is 20.2 Å². The molecule has 0 spiro atoms. The second-order valence-corrected chi connectivity index (χ2v) is 8.05. The molecule has 0 bridgehead atoms. The van der Waals surface area contributed by atoms with Gasteiger partial charge in [0.1, 0.15) is 17.4 Å². The topological polar surface area (TPSA) is 166 Å². The summed E-state index contributed by atoms with van der Waals surface area (Å²) < 4.78 is 10.9. The Labute approximate surface area is 160 Å². The van der Waals surface area contributed by atoms with E-state index in [1.54, 1.807) is 6.07 Å². The molecule has 3 aliphatic rings. The number of carboxylic acids is 1. The average Bonchev–Trinajstić information content (AvgIpc) is 3.38. The fourth-order valence-electron chi connectivity index (χ4n) is 3.89. The number of aromatic carboxylic acids is 1. The van der Waals surface area contributed by atoms with Gasteiger partial charge in [-0.15, -0.1) is 0 Å². The molecule has 152 valence electrons. The van der Waals surface area contributed by atoms with Gasteiger partial charge in [-0.2, -0.15) is 0 Å². The van der Waals surface area contributed by atoms with Crippen molar-refractivity contribution in [2.75, 3.05) is 19.7 Å². The minimum Gasteiger partial charge on any atom is -0.669 e. The molecule has 3 atom stereocenters. The van der Waals surface area contributed by atoms with Crippen molar-refractivity contribution in [3.63, 3.8) is 0 Å². The van der Waals surface area contributed by atoms with E-state index in [0.29, 0.717) is 12.0 Å². The van der Waals surface area contributed by atoms with Gasteiger partial charge in [-0.05, 0) is 24.5 Å². The molecule has 0 radical (unpaired) electrons. The lowest BCUT2D eigenvalue weighted by atomic mass is 9.68. The molecule has 4 rings (SSSR count). The maximum atomic E-state index is 12.2. The summed E-state index contributed by atoms with van der Waals surface area (Å²) >= 11 is 0. The quantitative estimate of drug-likeness (QED) is 0.397. The van der Waals surface area contributed by atoms with E-state index in [2.05, 4.69) is 0 Å². The van der Waals surface area contributed by atoms with Crippen LogP contribution in [0.25, 0.3) is 0 Å². The zero-order valence-corrected chi connectivity index (χ0v) is 15.2. The Morgan fingerprint density at radius 3 is 2.71 bits per heavy atom. The SMILES string of the molecule is C[C@@](N)(CO)C(=O)N1CC(Oc2ccc3c(c2C(=O)[O-])O[B-](O)(O)[C@@H]2C[C@H]32)C1. The van der Waals surface area contributed by atoms with Gasteiger partial charge in [0.15, 0.2) is 0 Å². The lowest BCUT2D eigenvalue weighted by Crippen LogP contribution is -2.64. The first-order valence-electron chi connectivity index (χ1n) is 9.07. The van der Waals surface area contributed by atoms with Gasteiger partial charge < -0.3 is 45.1 Å². The van der Waals surface area contributed by atoms with Gasteiger partial charge in [-0.25, -0.2) is 0 Å². The molecule has 5 N–H and O–H groups in total. The molecule has 10 nitrogen and oxygen atoms in total. The minimum absolute atomic E-state index is 0.0285. The zero-order valence-electron chi connectivity index (χ0n) is 15.2. The number of carbonyl (C=O) groups excluding carboxylic acids is 2. The van der Waals surface area contributed by atoms with Crippen molar-refractivity contribution in [1.29, 1.82) is 0 Å². The number of nitrogens with two attached hydrogens (primary N) is 1. The number of hydrogen-bond donors (Lipinski definition) is 4. The maximum absolute atomic E-state index is 12.2. The number of benzene rings is 1. The van der Waals surface area contributed by atoms with E-state index in [9.17, 15) is 29.9 Å². The highest BCUT2D eigenvalue weighted by Crippen LogP contribution is 2.63. The van der Waals surface area contributed by atoms with E-state index in [1.807, 2.05) is 0 Å². The van der Waals surface area contributed by atoms with Crippen LogP contribution in [0, 0.1) is 0 Å². The van der Waals surface area contributed by atoms with Crippen LogP contribution in [0.2, 0.25) is 5.82 Å². The van der Waals surface area contributed by atoms with Crippen molar-refractivity contribution < 1.29 is 39.2 Å². The number of aliphatic hydroxyl groups excluding tert-OH is 1. The van der Waals surface area contributed by atoms with Gasteiger partial charge in [0.05, 0.1) is 37.0 Å². The first-order valence-corrected chi connectivity index (χ1v) is 9.07. The number of carboxylic acid groups (broad SMARTS) is 1. The summed E-state index contributed by atoms with van der Waals surface area (Å²) in [6.07, 6.45) is 0.0279. The molecule has 0 unspecified atom stereocenters. The third-order valence-corrected chi connectivity index (χ3v) is 5.69. The first-order chi connectivity index (χ1) is 13.0. The third kappa shape index (κ3) is 2.91. The summed E-state index contributed by atoms with van der Waals surface area (Å²) in [6, 6.07) is 3.14. The number of likely N-dealkylation sites (tertiary alicyclic amines) is 1. The van der Waals surface area contributed by atoms with Crippen LogP contribution in [0.3, 0.4) is 0 Å². The summed E-state index contributed by atoms with van der Waals surface area (Å²) in [5.41, 5.74) is 4.54. The molecule has 11 heteroatoms. The molecular formula is C17H21BN2O8-2. The number of carbonyl (C=O) groups is 2. The van der Waals surface area contributed by atoms with Crippen molar-refractivity contribution >= 4 is 18.6 Å².